The van der Waals surface area contributed by atoms with Crippen molar-refractivity contribution in [2.24, 2.45) is 0 Å². The molecule has 0 spiro atoms. The number of benzene rings is 2. The number of amides is 1. The summed E-state index contributed by atoms with van der Waals surface area (Å²) in [6.45, 7) is 2.01. The lowest BCUT2D eigenvalue weighted by Crippen LogP contribution is -2.16. The van der Waals surface area contributed by atoms with E-state index in [9.17, 15) is 9.18 Å². The van der Waals surface area contributed by atoms with Crippen LogP contribution >= 0.6 is 27.5 Å². The molecule has 0 saturated heterocycles. The average molecular weight is 371 g/mol. The number of carbonyl (C=O) groups is 1. The highest BCUT2D eigenvalue weighted by atomic mass is 79.9. The van der Waals surface area contributed by atoms with Gasteiger partial charge in [-0.1, -0.05) is 40.5 Å². The molecule has 2 aromatic carbocycles. The molecule has 1 amide bonds. The predicted octanol–water partition coefficient (Wildman–Crippen LogP) is 4.99. The Morgan fingerprint density at radius 1 is 1.33 bits per heavy atom. The van der Waals surface area contributed by atoms with Gasteiger partial charge in [0.25, 0.3) is 0 Å². The van der Waals surface area contributed by atoms with Gasteiger partial charge in [-0.05, 0) is 42.3 Å². The van der Waals surface area contributed by atoms with Crippen LogP contribution in [0.25, 0.3) is 0 Å². The third-order valence-corrected chi connectivity index (χ3v) is 3.97. The molecule has 2 aromatic rings. The van der Waals surface area contributed by atoms with E-state index in [1.54, 1.807) is 6.07 Å². The summed E-state index contributed by atoms with van der Waals surface area (Å²) >= 11 is 9.33. The molecule has 21 heavy (non-hydrogen) atoms. The van der Waals surface area contributed by atoms with Crippen molar-refractivity contribution < 1.29 is 9.18 Å². The van der Waals surface area contributed by atoms with Crippen molar-refractivity contribution >= 4 is 39.1 Å². The number of nitrogens with one attached hydrogen (secondary N) is 1. The molecule has 5 heteroatoms. The molecular weight excluding hydrogens is 357 g/mol. The van der Waals surface area contributed by atoms with E-state index in [1.165, 1.54) is 12.1 Å². The van der Waals surface area contributed by atoms with Crippen LogP contribution < -0.4 is 5.32 Å². The van der Waals surface area contributed by atoms with Gasteiger partial charge >= 0.3 is 0 Å². The summed E-state index contributed by atoms with van der Waals surface area (Å²) in [6.07, 6.45) is 0.695. The van der Waals surface area contributed by atoms with Gasteiger partial charge in [-0.2, -0.15) is 0 Å². The van der Waals surface area contributed by atoms with E-state index in [4.69, 9.17) is 11.6 Å². The predicted molar refractivity (Wildman–Crippen MR) is 87.3 cm³/mol. The second-order valence-corrected chi connectivity index (χ2v) is 5.90. The maximum atomic E-state index is 13.7. The molecule has 0 aliphatic heterocycles. The molecule has 0 atom stereocenters. The summed E-state index contributed by atoms with van der Waals surface area (Å²) in [7, 11) is 0. The summed E-state index contributed by atoms with van der Waals surface area (Å²) in [4.78, 5) is 12.1. The summed E-state index contributed by atoms with van der Waals surface area (Å²) in [5.74, 6) is -0.761. The van der Waals surface area contributed by atoms with Crippen LogP contribution in [0.3, 0.4) is 0 Å². The second kappa shape index (κ2) is 7.05. The van der Waals surface area contributed by atoms with Crippen molar-refractivity contribution in [1.82, 2.24) is 0 Å². The van der Waals surface area contributed by atoms with Crippen molar-refractivity contribution in [3.05, 3.63) is 62.8 Å². The third-order valence-electron chi connectivity index (χ3n) is 3.12. The number of rotatable bonds is 4. The van der Waals surface area contributed by atoms with Crippen molar-refractivity contribution in [3.8, 4) is 0 Å². The smallest absolute Gasteiger partial charge is 0.228 e. The zero-order chi connectivity index (χ0) is 15.4. The third kappa shape index (κ3) is 4.05. The fraction of sp³-hybridized carbons (Fsp3) is 0.188. The summed E-state index contributed by atoms with van der Waals surface area (Å²) < 4.78 is 14.6. The van der Waals surface area contributed by atoms with Crippen LogP contribution in [0.15, 0.2) is 40.9 Å². The molecule has 110 valence electrons. The Morgan fingerprint density at radius 2 is 2.10 bits per heavy atom. The van der Waals surface area contributed by atoms with Crippen molar-refractivity contribution in [3.63, 3.8) is 0 Å². The standard InChI is InChI=1S/C16H14BrClFNO/c1-2-10-8-11(17)6-7-15(10)20-16(21)9-12-13(18)4-3-5-14(12)19/h3-8H,2,9H2,1H3,(H,20,21). The Balaban J connectivity index is 2.16. The first-order chi connectivity index (χ1) is 10.0. The van der Waals surface area contributed by atoms with E-state index in [0.29, 0.717) is 0 Å². The first-order valence-electron chi connectivity index (χ1n) is 6.52. The molecule has 0 aliphatic rings. The van der Waals surface area contributed by atoms with Crippen LogP contribution in [0, 0.1) is 5.82 Å². The highest BCUT2D eigenvalue weighted by molar-refractivity contribution is 9.10. The Hall–Kier alpha value is -1.39. The number of anilines is 1. The fourth-order valence-electron chi connectivity index (χ4n) is 2.03. The van der Waals surface area contributed by atoms with Crippen LogP contribution in [0.4, 0.5) is 10.1 Å². The van der Waals surface area contributed by atoms with E-state index in [1.807, 2.05) is 25.1 Å². The fourth-order valence-corrected chi connectivity index (χ4v) is 2.67. The number of halogens is 3. The van der Waals surface area contributed by atoms with Gasteiger partial charge in [0, 0.05) is 20.7 Å². The van der Waals surface area contributed by atoms with Gasteiger partial charge in [0.15, 0.2) is 0 Å². The largest absolute Gasteiger partial charge is 0.326 e. The number of aryl methyl sites for hydroxylation is 1. The molecule has 0 aromatic heterocycles. The zero-order valence-corrected chi connectivity index (χ0v) is 13.8. The average Bonchev–Trinajstić information content (AvgIpc) is 2.45. The second-order valence-electron chi connectivity index (χ2n) is 4.58. The van der Waals surface area contributed by atoms with E-state index in [-0.39, 0.29) is 22.9 Å². The monoisotopic (exact) mass is 369 g/mol. The van der Waals surface area contributed by atoms with Gasteiger partial charge in [0.1, 0.15) is 5.82 Å². The number of hydrogen-bond acceptors (Lipinski definition) is 1. The Bertz CT molecular complexity index is 655. The van der Waals surface area contributed by atoms with Gasteiger partial charge < -0.3 is 5.32 Å². The highest BCUT2D eigenvalue weighted by Gasteiger charge is 2.13. The molecule has 0 heterocycles. The lowest BCUT2D eigenvalue weighted by molar-refractivity contribution is -0.115. The topological polar surface area (TPSA) is 29.1 Å². The van der Waals surface area contributed by atoms with E-state index >= 15 is 0 Å². The normalized spacial score (nSPS) is 10.5. The van der Waals surface area contributed by atoms with Gasteiger partial charge in [0.05, 0.1) is 6.42 Å². The Morgan fingerprint density at radius 3 is 2.76 bits per heavy atom. The maximum absolute atomic E-state index is 13.7. The van der Waals surface area contributed by atoms with Crippen molar-refractivity contribution in [2.75, 3.05) is 5.32 Å². The zero-order valence-electron chi connectivity index (χ0n) is 11.4. The van der Waals surface area contributed by atoms with Crippen LogP contribution in [0.5, 0.6) is 0 Å². The molecule has 2 rings (SSSR count). The first kappa shape index (κ1) is 16.0. The van der Waals surface area contributed by atoms with Gasteiger partial charge in [-0.25, -0.2) is 4.39 Å². The van der Waals surface area contributed by atoms with Crippen LogP contribution in [-0.2, 0) is 17.6 Å². The summed E-state index contributed by atoms with van der Waals surface area (Å²) in [5, 5.41) is 3.07. The lowest BCUT2D eigenvalue weighted by Gasteiger charge is -2.11. The molecule has 0 fully saturated rings. The van der Waals surface area contributed by atoms with Gasteiger partial charge in [-0.3, -0.25) is 4.79 Å². The molecule has 1 N–H and O–H groups in total. The van der Waals surface area contributed by atoms with Crippen molar-refractivity contribution in [1.29, 1.82) is 0 Å². The quantitative estimate of drug-likeness (QED) is 0.807. The summed E-state index contributed by atoms with van der Waals surface area (Å²) in [6, 6.07) is 10.0. The maximum Gasteiger partial charge on any atom is 0.228 e. The molecule has 0 saturated carbocycles. The van der Waals surface area contributed by atoms with Crippen molar-refractivity contribution in [2.45, 2.75) is 19.8 Å². The summed E-state index contributed by atoms with van der Waals surface area (Å²) in [5.41, 5.74) is 1.96. The molecule has 0 aliphatic carbocycles. The minimum absolute atomic E-state index is 0.0925. The molecule has 0 bridgehead atoms. The highest BCUT2D eigenvalue weighted by Crippen LogP contribution is 2.23. The van der Waals surface area contributed by atoms with Gasteiger partial charge in [0.2, 0.25) is 5.91 Å². The van der Waals surface area contributed by atoms with Crippen LogP contribution in [0.2, 0.25) is 5.02 Å². The number of hydrogen-bond donors (Lipinski definition) is 1. The lowest BCUT2D eigenvalue weighted by atomic mass is 10.1. The minimum atomic E-state index is -0.468. The van der Waals surface area contributed by atoms with Gasteiger partial charge in [-0.15, -0.1) is 0 Å². The van der Waals surface area contributed by atoms with E-state index < -0.39 is 5.82 Å². The van der Waals surface area contributed by atoms with E-state index in [0.717, 1.165) is 22.1 Å². The molecule has 0 unspecified atom stereocenters. The number of carbonyl (C=O) groups excluding carboxylic acids is 1. The Labute approximate surface area is 136 Å². The van der Waals surface area contributed by atoms with Crippen LogP contribution in [0.1, 0.15) is 18.1 Å². The minimum Gasteiger partial charge on any atom is -0.326 e. The molecular formula is C16H14BrClFNO. The molecule has 2 nitrogen and oxygen atoms in total. The van der Waals surface area contributed by atoms with Crippen LogP contribution in [-0.4, -0.2) is 5.91 Å². The van der Waals surface area contributed by atoms with E-state index in [2.05, 4.69) is 21.2 Å². The molecule has 0 radical (unpaired) electrons. The first-order valence-corrected chi connectivity index (χ1v) is 7.69. The Kier molecular flexibility index (Phi) is 5.37. The SMILES string of the molecule is CCc1cc(Br)ccc1NC(=O)Cc1c(F)cccc1Cl.